The Morgan fingerprint density at radius 1 is 1.05 bits per heavy atom. The van der Waals surface area contributed by atoms with Crippen molar-refractivity contribution in [1.82, 2.24) is 20.2 Å². The number of pyridine rings is 2. The predicted molar refractivity (Wildman–Crippen MR) is 149 cm³/mol. The fraction of sp³-hybridized carbons (Fsp3) is 0.345. The second-order valence-corrected chi connectivity index (χ2v) is 9.77. The first-order valence-electron chi connectivity index (χ1n) is 13.0. The molecule has 1 aliphatic heterocycles. The molecule has 0 saturated carbocycles. The van der Waals surface area contributed by atoms with Crippen molar-refractivity contribution in [1.29, 1.82) is 0 Å². The van der Waals surface area contributed by atoms with Crippen LogP contribution in [-0.2, 0) is 6.18 Å². The van der Waals surface area contributed by atoms with Crippen LogP contribution in [0.2, 0.25) is 0 Å². The van der Waals surface area contributed by atoms with Crippen LogP contribution >= 0.6 is 0 Å². The number of anilines is 1. The minimum absolute atomic E-state index is 0.0503. The number of carbonyl (C=O) groups excluding carboxylic acids is 2. The van der Waals surface area contributed by atoms with E-state index in [9.17, 15) is 22.8 Å². The standard InChI is InChI=1S/C29H31F3N6O3/c1-17-7-6-10-35-26(17)37-28(40)20-14-21(27(39)33-4)23(13-18(20)2)41-24(16-38-12-11-34-19(3)15-38)22-8-5-9-25(36-22)29(30,31)32/h5-10,13-14,24H,11-12,15-16H2,1-4H3,(H,33,39)(H,35,37,40). The van der Waals surface area contributed by atoms with Crippen LogP contribution < -0.4 is 15.4 Å². The van der Waals surface area contributed by atoms with Crippen LogP contribution in [0.4, 0.5) is 19.0 Å². The quantitative estimate of drug-likeness (QED) is 0.411. The summed E-state index contributed by atoms with van der Waals surface area (Å²) in [6.45, 7) is 7.23. The summed E-state index contributed by atoms with van der Waals surface area (Å²) in [6, 6.07) is 10.1. The van der Waals surface area contributed by atoms with E-state index in [0.29, 0.717) is 31.0 Å². The van der Waals surface area contributed by atoms with Crippen LogP contribution in [0.3, 0.4) is 0 Å². The van der Waals surface area contributed by atoms with Gasteiger partial charge in [-0.05, 0) is 62.2 Å². The minimum Gasteiger partial charge on any atom is -0.482 e. The number of halogens is 3. The van der Waals surface area contributed by atoms with E-state index in [1.54, 1.807) is 32.2 Å². The van der Waals surface area contributed by atoms with Gasteiger partial charge in [0, 0.05) is 44.2 Å². The molecule has 216 valence electrons. The number of amides is 2. The molecule has 0 spiro atoms. The number of nitrogens with zero attached hydrogens (tertiary/aromatic N) is 4. The van der Waals surface area contributed by atoms with Crippen molar-refractivity contribution in [2.75, 3.05) is 38.5 Å². The Bertz CT molecular complexity index is 1470. The summed E-state index contributed by atoms with van der Waals surface area (Å²) >= 11 is 0. The number of hydrogen-bond acceptors (Lipinski definition) is 7. The van der Waals surface area contributed by atoms with Crippen molar-refractivity contribution in [3.63, 3.8) is 0 Å². The summed E-state index contributed by atoms with van der Waals surface area (Å²) in [6.07, 6.45) is -4.04. The van der Waals surface area contributed by atoms with E-state index in [0.717, 1.165) is 17.3 Å². The van der Waals surface area contributed by atoms with Crippen molar-refractivity contribution >= 4 is 23.3 Å². The molecule has 0 aliphatic carbocycles. The van der Waals surface area contributed by atoms with Gasteiger partial charge < -0.3 is 15.4 Å². The van der Waals surface area contributed by atoms with Gasteiger partial charge in [0.2, 0.25) is 0 Å². The Morgan fingerprint density at radius 2 is 1.83 bits per heavy atom. The third-order valence-electron chi connectivity index (χ3n) is 6.62. The lowest BCUT2D eigenvalue weighted by Gasteiger charge is -2.30. The van der Waals surface area contributed by atoms with E-state index < -0.39 is 29.8 Å². The van der Waals surface area contributed by atoms with Crippen LogP contribution in [0.5, 0.6) is 5.75 Å². The number of ether oxygens (including phenoxy) is 1. The third kappa shape index (κ3) is 7.26. The van der Waals surface area contributed by atoms with Gasteiger partial charge >= 0.3 is 6.18 Å². The highest BCUT2D eigenvalue weighted by atomic mass is 19.4. The third-order valence-corrected chi connectivity index (χ3v) is 6.62. The van der Waals surface area contributed by atoms with E-state index in [1.165, 1.54) is 31.3 Å². The Morgan fingerprint density at radius 3 is 2.51 bits per heavy atom. The van der Waals surface area contributed by atoms with Gasteiger partial charge in [-0.15, -0.1) is 0 Å². The molecule has 41 heavy (non-hydrogen) atoms. The topological polar surface area (TPSA) is 109 Å². The van der Waals surface area contributed by atoms with Gasteiger partial charge in [0.05, 0.1) is 17.8 Å². The Balaban J connectivity index is 1.72. The Labute approximate surface area is 235 Å². The van der Waals surface area contributed by atoms with Crippen LogP contribution in [0.1, 0.15) is 56.3 Å². The maximum absolute atomic E-state index is 13.5. The number of carbonyl (C=O) groups is 2. The second kappa shape index (κ2) is 12.5. The first-order valence-corrected chi connectivity index (χ1v) is 13.0. The lowest BCUT2D eigenvalue weighted by Crippen LogP contribution is -2.39. The highest BCUT2D eigenvalue weighted by molar-refractivity contribution is 6.07. The molecule has 3 heterocycles. The van der Waals surface area contributed by atoms with Gasteiger partial charge in [-0.25, -0.2) is 9.97 Å². The first-order chi connectivity index (χ1) is 19.5. The Kier molecular flexibility index (Phi) is 9.01. The fourth-order valence-electron chi connectivity index (χ4n) is 4.49. The largest absolute Gasteiger partial charge is 0.482 e. The summed E-state index contributed by atoms with van der Waals surface area (Å²) in [7, 11) is 1.44. The molecular formula is C29H31F3N6O3. The van der Waals surface area contributed by atoms with Crippen LogP contribution in [0.15, 0.2) is 53.7 Å². The molecule has 9 nitrogen and oxygen atoms in total. The summed E-state index contributed by atoms with van der Waals surface area (Å²) in [5.41, 5.74) is 1.45. The normalized spacial score (nSPS) is 14.7. The number of aromatic nitrogens is 2. The minimum atomic E-state index is -4.64. The maximum atomic E-state index is 13.5. The van der Waals surface area contributed by atoms with Gasteiger partial charge in [0.1, 0.15) is 17.3 Å². The van der Waals surface area contributed by atoms with Gasteiger partial charge in [-0.3, -0.25) is 19.5 Å². The molecule has 12 heteroatoms. The molecule has 2 N–H and O–H groups in total. The second-order valence-electron chi connectivity index (χ2n) is 9.77. The first kappa shape index (κ1) is 29.7. The van der Waals surface area contributed by atoms with Gasteiger partial charge in [-0.1, -0.05) is 12.1 Å². The number of hydrogen-bond donors (Lipinski definition) is 2. The number of rotatable bonds is 8. The number of nitrogens with one attached hydrogen (secondary N) is 2. The van der Waals surface area contributed by atoms with E-state index >= 15 is 0 Å². The van der Waals surface area contributed by atoms with E-state index in [4.69, 9.17) is 4.74 Å². The lowest BCUT2D eigenvalue weighted by molar-refractivity contribution is -0.141. The van der Waals surface area contributed by atoms with E-state index in [-0.39, 0.29) is 29.1 Å². The summed E-state index contributed by atoms with van der Waals surface area (Å²) in [5.74, 6) is -0.506. The van der Waals surface area contributed by atoms with Crippen molar-refractivity contribution in [2.24, 2.45) is 4.99 Å². The maximum Gasteiger partial charge on any atom is 0.433 e. The summed E-state index contributed by atoms with van der Waals surface area (Å²) in [4.78, 5) is 40.6. The number of alkyl halides is 3. The van der Waals surface area contributed by atoms with Gasteiger partial charge in [0.15, 0.2) is 6.10 Å². The zero-order valence-electron chi connectivity index (χ0n) is 23.2. The van der Waals surface area contributed by atoms with Gasteiger partial charge in [-0.2, -0.15) is 13.2 Å². The predicted octanol–water partition coefficient (Wildman–Crippen LogP) is 4.62. The highest BCUT2D eigenvalue weighted by Crippen LogP contribution is 2.32. The molecule has 1 aromatic carbocycles. The number of aryl methyl sites for hydroxylation is 2. The molecule has 0 bridgehead atoms. The molecule has 1 atom stereocenters. The molecule has 0 fully saturated rings. The van der Waals surface area contributed by atoms with E-state index in [2.05, 4.69) is 25.6 Å². The highest BCUT2D eigenvalue weighted by Gasteiger charge is 2.34. The lowest BCUT2D eigenvalue weighted by atomic mass is 10.0. The van der Waals surface area contributed by atoms with Crippen LogP contribution in [0.25, 0.3) is 0 Å². The Hall–Kier alpha value is -4.32. The summed E-state index contributed by atoms with van der Waals surface area (Å²) in [5, 5.41) is 5.30. The molecule has 2 aromatic heterocycles. The van der Waals surface area contributed by atoms with Crippen LogP contribution in [-0.4, -0.2) is 65.6 Å². The molecule has 4 rings (SSSR count). The van der Waals surface area contributed by atoms with Crippen molar-refractivity contribution in [3.8, 4) is 5.75 Å². The molecule has 1 unspecified atom stereocenters. The molecule has 0 radical (unpaired) electrons. The van der Waals surface area contributed by atoms with E-state index in [1.807, 2.05) is 11.8 Å². The monoisotopic (exact) mass is 568 g/mol. The van der Waals surface area contributed by atoms with Crippen LogP contribution in [0, 0.1) is 13.8 Å². The SMILES string of the molecule is CNC(=O)c1cc(C(=O)Nc2ncccc2C)c(C)cc1OC(CN1CCN=C(C)C1)c1cccc(C(F)(F)F)n1. The molecule has 0 saturated heterocycles. The molecular weight excluding hydrogens is 537 g/mol. The number of benzene rings is 1. The van der Waals surface area contributed by atoms with Crippen molar-refractivity contribution in [3.05, 3.63) is 82.3 Å². The average molecular weight is 569 g/mol. The average Bonchev–Trinajstić information content (AvgIpc) is 2.93. The molecule has 2 amide bonds. The number of aliphatic imine (C=N–C) groups is 1. The molecule has 1 aliphatic rings. The smallest absolute Gasteiger partial charge is 0.433 e. The fourth-order valence-corrected chi connectivity index (χ4v) is 4.49. The van der Waals surface area contributed by atoms with Crippen molar-refractivity contribution < 1.29 is 27.5 Å². The zero-order chi connectivity index (χ0) is 29.7. The molecule has 3 aromatic rings. The van der Waals surface area contributed by atoms with Crippen molar-refractivity contribution in [2.45, 2.75) is 33.1 Å². The summed E-state index contributed by atoms with van der Waals surface area (Å²) < 4.78 is 46.8. The van der Waals surface area contributed by atoms with Gasteiger partial charge in [0.25, 0.3) is 11.8 Å². The zero-order valence-corrected chi connectivity index (χ0v) is 23.2.